The van der Waals surface area contributed by atoms with Crippen molar-refractivity contribution in [2.75, 3.05) is 6.61 Å². The van der Waals surface area contributed by atoms with Gasteiger partial charge in [0.05, 0.1) is 6.54 Å². The van der Waals surface area contributed by atoms with Crippen LogP contribution in [-0.2, 0) is 17.9 Å². The molecule has 1 aromatic heterocycles. The van der Waals surface area contributed by atoms with E-state index in [0.29, 0.717) is 24.4 Å². The molecular weight excluding hydrogens is 344 g/mol. The molecule has 0 spiro atoms. The Morgan fingerprint density at radius 1 is 1.07 bits per heavy atom. The average molecular weight is 364 g/mol. The van der Waals surface area contributed by atoms with Crippen molar-refractivity contribution in [3.05, 3.63) is 83.7 Å². The van der Waals surface area contributed by atoms with Gasteiger partial charge in [-0.1, -0.05) is 30.3 Å². The number of benzene rings is 2. The Morgan fingerprint density at radius 2 is 1.89 bits per heavy atom. The molecule has 7 heteroatoms. The largest absolute Gasteiger partial charge is 0.484 e. The highest BCUT2D eigenvalue weighted by Crippen LogP contribution is 2.14. The number of carbonyl (C=O) groups is 2. The maximum absolute atomic E-state index is 12.5. The number of ether oxygens (including phenoxy) is 1. The Hall–Kier alpha value is -3.61. The minimum atomic E-state index is -0.571. The van der Waals surface area contributed by atoms with Crippen LogP contribution in [0.4, 0.5) is 0 Å². The molecule has 0 aliphatic carbocycles. The fraction of sp³-hybridized carbons (Fsp3) is 0.150. The number of rotatable bonds is 8. The molecule has 27 heavy (non-hydrogen) atoms. The highest BCUT2D eigenvalue weighted by Gasteiger charge is 2.09. The van der Waals surface area contributed by atoms with E-state index in [0.717, 1.165) is 11.1 Å². The summed E-state index contributed by atoms with van der Waals surface area (Å²) in [4.78, 5) is 23.3. The van der Waals surface area contributed by atoms with E-state index in [1.165, 1.54) is 0 Å². The van der Waals surface area contributed by atoms with Gasteiger partial charge < -0.3 is 15.8 Å². The van der Waals surface area contributed by atoms with Crippen LogP contribution < -0.4 is 15.8 Å². The summed E-state index contributed by atoms with van der Waals surface area (Å²) in [6, 6.07) is 16.4. The van der Waals surface area contributed by atoms with Crippen molar-refractivity contribution in [2.24, 2.45) is 5.73 Å². The highest BCUT2D eigenvalue weighted by atomic mass is 16.5. The number of nitrogens with two attached hydrogens (primary N) is 1. The summed E-state index contributed by atoms with van der Waals surface area (Å²) >= 11 is 0. The van der Waals surface area contributed by atoms with Crippen molar-refractivity contribution in [3.8, 4) is 5.75 Å². The molecule has 0 saturated heterocycles. The van der Waals surface area contributed by atoms with Gasteiger partial charge in [0.1, 0.15) is 5.75 Å². The summed E-state index contributed by atoms with van der Waals surface area (Å²) in [5.74, 6) is -0.382. The number of primary amides is 1. The predicted octanol–water partition coefficient (Wildman–Crippen LogP) is 1.73. The van der Waals surface area contributed by atoms with Crippen LogP contribution in [0, 0.1) is 0 Å². The Bertz CT molecular complexity index is 922. The maximum Gasteiger partial charge on any atom is 0.255 e. The number of amides is 2. The molecule has 0 fully saturated rings. The van der Waals surface area contributed by atoms with Crippen molar-refractivity contribution < 1.29 is 14.3 Å². The van der Waals surface area contributed by atoms with E-state index in [9.17, 15) is 9.59 Å². The summed E-state index contributed by atoms with van der Waals surface area (Å²) in [5.41, 5.74) is 7.61. The topological polar surface area (TPSA) is 99.2 Å². The minimum absolute atomic E-state index is 0.228. The fourth-order valence-corrected chi connectivity index (χ4v) is 2.61. The third-order valence-corrected chi connectivity index (χ3v) is 3.93. The molecule has 0 bridgehead atoms. The first-order valence-corrected chi connectivity index (χ1v) is 8.45. The average Bonchev–Trinajstić information content (AvgIpc) is 3.19. The van der Waals surface area contributed by atoms with Crippen LogP contribution in [0.2, 0.25) is 0 Å². The number of hydrogen-bond acceptors (Lipinski definition) is 4. The van der Waals surface area contributed by atoms with E-state index < -0.39 is 5.91 Å². The van der Waals surface area contributed by atoms with E-state index in [1.54, 1.807) is 30.5 Å². The third-order valence-electron chi connectivity index (χ3n) is 3.93. The number of aromatic nitrogens is 2. The summed E-state index contributed by atoms with van der Waals surface area (Å²) in [5, 5.41) is 7.13. The molecule has 138 valence electrons. The third kappa shape index (κ3) is 5.18. The maximum atomic E-state index is 12.5. The monoisotopic (exact) mass is 364 g/mol. The lowest BCUT2D eigenvalue weighted by Gasteiger charge is -2.11. The molecule has 0 saturated carbocycles. The molecule has 2 aromatic carbocycles. The van der Waals surface area contributed by atoms with Crippen LogP contribution in [0.15, 0.2) is 67.0 Å². The Balaban J connectivity index is 1.64. The summed E-state index contributed by atoms with van der Waals surface area (Å²) in [6.07, 6.45) is 3.63. The van der Waals surface area contributed by atoms with Crippen molar-refractivity contribution in [2.45, 2.75) is 13.1 Å². The van der Waals surface area contributed by atoms with Crippen molar-refractivity contribution in [1.29, 1.82) is 0 Å². The van der Waals surface area contributed by atoms with Gasteiger partial charge in [0.2, 0.25) is 0 Å². The molecule has 3 aromatic rings. The smallest absolute Gasteiger partial charge is 0.255 e. The first-order valence-electron chi connectivity index (χ1n) is 8.45. The number of hydrogen-bond donors (Lipinski definition) is 2. The van der Waals surface area contributed by atoms with E-state index >= 15 is 0 Å². The Kier molecular flexibility index (Phi) is 5.84. The molecule has 3 N–H and O–H groups in total. The van der Waals surface area contributed by atoms with Gasteiger partial charge in [0, 0.05) is 24.5 Å². The molecule has 1 heterocycles. The van der Waals surface area contributed by atoms with Gasteiger partial charge in [0.15, 0.2) is 6.61 Å². The molecular formula is C20H20N4O3. The van der Waals surface area contributed by atoms with E-state index in [-0.39, 0.29) is 12.5 Å². The normalized spacial score (nSPS) is 10.4. The summed E-state index contributed by atoms with van der Waals surface area (Å²) < 4.78 is 7.07. The highest BCUT2D eigenvalue weighted by molar-refractivity contribution is 5.94. The lowest BCUT2D eigenvalue weighted by Crippen LogP contribution is -2.24. The lowest BCUT2D eigenvalue weighted by atomic mass is 10.1. The van der Waals surface area contributed by atoms with Gasteiger partial charge in [-0.05, 0) is 35.4 Å². The molecule has 3 rings (SSSR count). The van der Waals surface area contributed by atoms with Gasteiger partial charge in [-0.15, -0.1) is 0 Å². The predicted molar refractivity (Wildman–Crippen MR) is 100 cm³/mol. The summed E-state index contributed by atoms with van der Waals surface area (Å²) in [6.45, 7) is 0.796. The number of nitrogens with one attached hydrogen (secondary N) is 1. The first-order chi connectivity index (χ1) is 13.1. The standard InChI is InChI=1S/C20H20N4O3/c21-19(25)14-27-18-8-3-7-15(11-18)20(26)22-12-16-5-1-2-6-17(16)13-24-10-4-9-23-24/h1-11H,12-14H2,(H2,21,25)(H,22,26). The molecule has 0 aliphatic heterocycles. The molecule has 0 radical (unpaired) electrons. The molecule has 7 nitrogen and oxygen atoms in total. The second-order valence-corrected chi connectivity index (χ2v) is 5.94. The zero-order chi connectivity index (χ0) is 19.1. The van der Waals surface area contributed by atoms with Crippen molar-refractivity contribution in [3.63, 3.8) is 0 Å². The minimum Gasteiger partial charge on any atom is -0.484 e. The SMILES string of the molecule is NC(=O)COc1cccc(C(=O)NCc2ccccc2Cn2cccn2)c1. The van der Waals surface area contributed by atoms with Crippen molar-refractivity contribution in [1.82, 2.24) is 15.1 Å². The zero-order valence-corrected chi connectivity index (χ0v) is 14.7. The molecule has 0 atom stereocenters. The second kappa shape index (κ2) is 8.66. The summed E-state index contributed by atoms with van der Waals surface area (Å²) in [7, 11) is 0. The Labute approximate surface area is 156 Å². The van der Waals surface area contributed by atoms with Gasteiger partial charge in [0.25, 0.3) is 11.8 Å². The van der Waals surface area contributed by atoms with Crippen LogP contribution in [-0.4, -0.2) is 28.2 Å². The Morgan fingerprint density at radius 3 is 2.63 bits per heavy atom. The van der Waals surface area contributed by atoms with E-state index in [2.05, 4.69) is 10.4 Å². The quantitative estimate of drug-likeness (QED) is 0.636. The molecule has 0 aliphatic rings. The first kappa shape index (κ1) is 18.2. The lowest BCUT2D eigenvalue weighted by molar-refractivity contribution is -0.119. The van der Waals surface area contributed by atoms with Crippen LogP contribution >= 0.6 is 0 Å². The van der Waals surface area contributed by atoms with Gasteiger partial charge in [-0.3, -0.25) is 14.3 Å². The molecule has 2 amide bonds. The van der Waals surface area contributed by atoms with Crippen molar-refractivity contribution >= 4 is 11.8 Å². The van der Waals surface area contributed by atoms with Gasteiger partial charge in [-0.25, -0.2) is 0 Å². The van der Waals surface area contributed by atoms with Gasteiger partial charge >= 0.3 is 0 Å². The number of carbonyl (C=O) groups excluding carboxylic acids is 2. The molecule has 0 unspecified atom stereocenters. The van der Waals surface area contributed by atoms with Crippen LogP contribution in [0.5, 0.6) is 5.75 Å². The second-order valence-electron chi connectivity index (χ2n) is 5.94. The van der Waals surface area contributed by atoms with Crippen LogP contribution in [0.3, 0.4) is 0 Å². The number of nitrogens with zero attached hydrogens (tertiary/aromatic N) is 2. The van der Waals surface area contributed by atoms with Gasteiger partial charge in [-0.2, -0.15) is 5.10 Å². The van der Waals surface area contributed by atoms with Crippen LogP contribution in [0.1, 0.15) is 21.5 Å². The fourth-order valence-electron chi connectivity index (χ4n) is 2.61. The zero-order valence-electron chi connectivity index (χ0n) is 14.7. The van der Waals surface area contributed by atoms with E-state index in [1.807, 2.05) is 41.2 Å². The van der Waals surface area contributed by atoms with Crippen LogP contribution in [0.25, 0.3) is 0 Å². The van der Waals surface area contributed by atoms with E-state index in [4.69, 9.17) is 10.5 Å².